The highest BCUT2D eigenvalue weighted by Gasteiger charge is 2.80. The van der Waals surface area contributed by atoms with Crippen LogP contribution in [-0.2, 0) is 14.4 Å². The fraction of sp³-hybridized carbons (Fsp3) is 0.303. The van der Waals surface area contributed by atoms with Crippen LogP contribution < -0.4 is 4.90 Å². The van der Waals surface area contributed by atoms with E-state index in [4.69, 9.17) is 0 Å². The maximum atomic E-state index is 14.7. The smallest absolute Gasteiger partial charge is 0.239 e. The zero-order valence-electron chi connectivity index (χ0n) is 21.7. The molecule has 0 aromatic heterocycles. The molecule has 3 aromatic rings. The Hall–Kier alpha value is -3.79. The molecule has 186 valence electrons. The van der Waals surface area contributed by atoms with Gasteiger partial charge in [0, 0.05) is 0 Å². The highest BCUT2D eigenvalue weighted by Crippen LogP contribution is 2.75. The third kappa shape index (κ3) is 2.76. The van der Waals surface area contributed by atoms with Crippen LogP contribution in [0.4, 0.5) is 5.69 Å². The van der Waals surface area contributed by atoms with Crippen LogP contribution in [0.15, 0.2) is 78.9 Å². The Bertz CT molecular complexity index is 1400. The number of aryl methyl sites for hydroxylation is 2. The fourth-order valence-corrected chi connectivity index (χ4v) is 7.57. The van der Waals surface area contributed by atoms with Crippen LogP contribution in [0.1, 0.15) is 48.9 Å². The van der Waals surface area contributed by atoms with Gasteiger partial charge in [-0.1, -0.05) is 80.6 Å². The SMILES string of the molecule is CC[C@]12C(=O)[C@](CC)(C(c3ccccc3)=C1c1ccccc1)[C@H]1C(=O)N(c3ccc(C)c(C)c3)C(=O)[C@H]12. The minimum absolute atomic E-state index is 0.0409. The highest BCUT2D eigenvalue weighted by molar-refractivity contribution is 6.34. The second-order valence-electron chi connectivity index (χ2n) is 10.7. The van der Waals surface area contributed by atoms with Gasteiger partial charge in [-0.2, -0.15) is 0 Å². The van der Waals surface area contributed by atoms with Crippen molar-refractivity contribution in [2.24, 2.45) is 22.7 Å². The van der Waals surface area contributed by atoms with Gasteiger partial charge in [-0.15, -0.1) is 0 Å². The number of ketones is 1. The van der Waals surface area contributed by atoms with Gasteiger partial charge in [0.25, 0.3) is 0 Å². The molecule has 1 saturated carbocycles. The van der Waals surface area contributed by atoms with E-state index in [0.717, 1.165) is 33.4 Å². The average Bonchev–Trinajstić information content (AvgIpc) is 3.42. The topological polar surface area (TPSA) is 54.5 Å². The average molecular weight is 490 g/mol. The van der Waals surface area contributed by atoms with Crippen LogP contribution >= 0.6 is 0 Å². The number of carbonyl (C=O) groups is 3. The highest BCUT2D eigenvalue weighted by atomic mass is 16.2. The summed E-state index contributed by atoms with van der Waals surface area (Å²) in [6.45, 7) is 7.99. The van der Waals surface area contributed by atoms with E-state index >= 15 is 0 Å². The first-order valence-corrected chi connectivity index (χ1v) is 13.2. The molecule has 0 radical (unpaired) electrons. The van der Waals surface area contributed by atoms with Gasteiger partial charge in [0.1, 0.15) is 0 Å². The largest absolute Gasteiger partial charge is 0.298 e. The molecule has 1 heterocycles. The number of imide groups is 1. The van der Waals surface area contributed by atoms with E-state index in [1.165, 1.54) is 4.90 Å². The third-order valence-corrected chi connectivity index (χ3v) is 9.31. The number of amides is 2. The lowest BCUT2D eigenvalue weighted by atomic mass is 9.60. The van der Waals surface area contributed by atoms with Gasteiger partial charge < -0.3 is 0 Å². The molecule has 2 amide bonds. The van der Waals surface area contributed by atoms with Gasteiger partial charge >= 0.3 is 0 Å². The maximum Gasteiger partial charge on any atom is 0.239 e. The zero-order valence-corrected chi connectivity index (χ0v) is 21.7. The van der Waals surface area contributed by atoms with E-state index in [-0.39, 0.29) is 17.6 Å². The zero-order chi connectivity index (χ0) is 26.1. The molecule has 0 unspecified atom stereocenters. The lowest BCUT2D eigenvalue weighted by Crippen LogP contribution is -2.41. The Morgan fingerprint density at radius 2 is 1.11 bits per heavy atom. The molecular weight excluding hydrogens is 458 g/mol. The molecule has 4 atom stereocenters. The molecule has 4 heteroatoms. The van der Waals surface area contributed by atoms with E-state index in [9.17, 15) is 14.4 Å². The van der Waals surface area contributed by atoms with Gasteiger partial charge in [0.2, 0.25) is 11.8 Å². The number of Topliss-reactive ketones (excluding diaryl/α,β-unsaturated/α-hetero) is 1. The number of nitrogens with zero attached hydrogens (tertiary/aromatic N) is 1. The van der Waals surface area contributed by atoms with Gasteiger partial charge in [-0.3, -0.25) is 14.4 Å². The minimum Gasteiger partial charge on any atom is -0.298 e. The van der Waals surface area contributed by atoms with Crippen LogP contribution in [0.3, 0.4) is 0 Å². The molecule has 3 aliphatic rings. The number of fused-ring (bicyclic) bond motifs is 5. The standard InChI is InChI=1S/C33H31NO3/c1-5-32-25(22-13-9-7-10-14-22)26(23-15-11-8-12-16-23)33(6-2,31(32)37)28-27(32)29(35)34(30(28)36)24-18-17-20(3)21(4)19-24/h7-19,27-28H,5-6H2,1-4H3/t27-,28+,32-,33+. The first-order chi connectivity index (χ1) is 17.8. The van der Waals surface area contributed by atoms with Crippen LogP contribution in [-0.4, -0.2) is 17.6 Å². The number of hydrogen-bond acceptors (Lipinski definition) is 3. The molecular formula is C33H31NO3. The first kappa shape index (κ1) is 23.6. The number of rotatable bonds is 5. The van der Waals surface area contributed by atoms with Gasteiger partial charge in [-0.25, -0.2) is 4.90 Å². The van der Waals surface area contributed by atoms with E-state index in [1.54, 1.807) is 0 Å². The summed E-state index contributed by atoms with van der Waals surface area (Å²) in [7, 11) is 0. The van der Waals surface area contributed by atoms with E-state index in [1.807, 2.05) is 107 Å². The molecule has 0 spiro atoms. The molecule has 2 aliphatic carbocycles. The summed E-state index contributed by atoms with van der Waals surface area (Å²) in [5.74, 6) is -1.86. The summed E-state index contributed by atoms with van der Waals surface area (Å²) in [4.78, 5) is 44.7. The summed E-state index contributed by atoms with van der Waals surface area (Å²) in [5.41, 5.74) is 4.40. The van der Waals surface area contributed by atoms with Crippen molar-refractivity contribution in [3.05, 3.63) is 101 Å². The van der Waals surface area contributed by atoms with Crippen LogP contribution in [0, 0.1) is 36.5 Å². The lowest BCUT2D eigenvalue weighted by Gasteiger charge is -2.38. The molecule has 0 N–H and O–H groups in total. The van der Waals surface area contributed by atoms with Crippen molar-refractivity contribution >= 4 is 34.4 Å². The second-order valence-corrected chi connectivity index (χ2v) is 10.7. The molecule has 4 nitrogen and oxygen atoms in total. The van der Waals surface area contributed by atoms with Crippen molar-refractivity contribution in [2.75, 3.05) is 4.90 Å². The second kappa shape index (κ2) is 8.11. The van der Waals surface area contributed by atoms with Crippen molar-refractivity contribution in [3.63, 3.8) is 0 Å². The summed E-state index contributed by atoms with van der Waals surface area (Å²) in [6.07, 6.45) is 0.935. The maximum absolute atomic E-state index is 14.7. The molecule has 1 saturated heterocycles. The Morgan fingerprint density at radius 3 is 1.51 bits per heavy atom. The van der Waals surface area contributed by atoms with Crippen molar-refractivity contribution in [2.45, 2.75) is 40.5 Å². The fourth-order valence-electron chi connectivity index (χ4n) is 7.57. The number of carbonyl (C=O) groups excluding carboxylic acids is 3. The predicted octanol–water partition coefficient (Wildman–Crippen LogP) is 6.41. The molecule has 1 aliphatic heterocycles. The monoisotopic (exact) mass is 489 g/mol. The van der Waals surface area contributed by atoms with Crippen LogP contribution in [0.2, 0.25) is 0 Å². The molecule has 2 fully saturated rings. The van der Waals surface area contributed by atoms with Gasteiger partial charge in [-0.05, 0) is 72.2 Å². The number of anilines is 1. The summed E-state index contributed by atoms with van der Waals surface area (Å²) in [5, 5.41) is 0. The number of allylic oxidation sites excluding steroid dienone is 2. The summed E-state index contributed by atoms with van der Waals surface area (Å²) in [6, 6.07) is 25.7. The molecule has 2 bridgehead atoms. The number of benzene rings is 3. The summed E-state index contributed by atoms with van der Waals surface area (Å²) >= 11 is 0. The normalized spacial score (nSPS) is 28.4. The lowest BCUT2D eigenvalue weighted by molar-refractivity contribution is -0.134. The first-order valence-electron chi connectivity index (χ1n) is 13.2. The third-order valence-electron chi connectivity index (χ3n) is 9.31. The predicted molar refractivity (Wildman–Crippen MR) is 146 cm³/mol. The van der Waals surface area contributed by atoms with Crippen LogP contribution in [0.25, 0.3) is 11.1 Å². The minimum atomic E-state index is -1.05. The van der Waals surface area contributed by atoms with Crippen LogP contribution in [0.5, 0.6) is 0 Å². The van der Waals surface area contributed by atoms with E-state index in [2.05, 4.69) is 0 Å². The van der Waals surface area contributed by atoms with Gasteiger partial charge in [0.05, 0.1) is 28.4 Å². The van der Waals surface area contributed by atoms with Crippen molar-refractivity contribution in [1.29, 1.82) is 0 Å². The Balaban J connectivity index is 1.66. The van der Waals surface area contributed by atoms with Crippen molar-refractivity contribution < 1.29 is 14.4 Å². The Kier molecular flexibility index (Phi) is 5.17. The number of hydrogen-bond donors (Lipinski definition) is 0. The summed E-state index contributed by atoms with van der Waals surface area (Å²) < 4.78 is 0. The molecule has 37 heavy (non-hydrogen) atoms. The Labute approximate surface area is 218 Å². The van der Waals surface area contributed by atoms with E-state index < -0.39 is 22.7 Å². The molecule has 3 aromatic carbocycles. The van der Waals surface area contributed by atoms with Crippen molar-refractivity contribution in [3.8, 4) is 0 Å². The molecule has 6 rings (SSSR count). The van der Waals surface area contributed by atoms with E-state index in [0.29, 0.717) is 18.5 Å². The Morgan fingerprint density at radius 1 is 0.649 bits per heavy atom. The van der Waals surface area contributed by atoms with Crippen molar-refractivity contribution in [1.82, 2.24) is 0 Å². The van der Waals surface area contributed by atoms with Gasteiger partial charge in [0.15, 0.2) is 5.78 Å². The quantitative estimate of drug-likeness (QED) is 0.389.